The van der Waals surface area contributed by atoms with E-state index in [1.165, 1.54) is 0 Å². The average Bonchev–Trinajstić information content (AvgIpc) is 2.81. The molecule has 0 atom stereocenters. The minimum atomic E-state index is -4.36. The molecule has 2 aromatic rings. The van der Waals surface area contributed by atoms with E-state index >= 15 is 0 Å². The summed E-state index contributed by atoms with van der Waals surface area (Å²) in [5.74, 6) is -0.698. The highest BCUT2D eigenvalue weighted by Gasteiger charge is 2.34. The Bertz CT molecular complexity index is 765. The fourth-order valence-corrected chi connectivity index (χ4v) is 2.59. The second-order valence-electron chi connectivity index (χ2n) is 5.67. The number of rotatable bonds is 5. The van der Waals surface area contributed by atoms with Gasteiger partial charge in [-0.25, -0.2) is 0 Å². The van der Waals surface area contributed by atoms with E-state index in [-0.39, 0.29) is 25.0 Å². The van der Waals surface area contributed by atoms with E-state index in [1.807, 2.05) is 0 Å². The zero-order valence-electron chi connectivity index (χ0n) is 13.0. The molecule has 25 heavy (non-hydrogen) atoms. The SMILES string of the molecule is O=C1c2ccccc2C(=O)N1Cc1ccc(COCC(F)(F)F)cc1. The van der Waals surface area contributed by atoms with Gasteiger partial charge in [-0.2, -0.15) is 13.2 Å². The normalized spacial score (nSPS) is 14.1. The molecule has 3 rings (SSSR count). The molecule has 130 valence electrons. The maximum Gasteiger partial charge on any atom is 0.411 e. The van der Waals surface area contributed by atoms with Gasteiger partial charge in [0.25, 0.3) is 11.8 Å². The van der Waals surface area contributed by atoms with E-state index in [9.17, 15) is 22.8 Å². The van der Waals surface area contributed by atoms with Crippen LogP contribution in [0.1, 0.15) is 31.8 Å². The van der Waals surface area contributed by atoms with Gasteiger partial charge in [-0.1, -0.05) is 36.4 Å². The van der Waals surface area contributed by atoms with E-state index in [4.69, 9.17) is 0 Å². The first kappa shape index (κ1) is 17.2. The lowest BCUT2D eigenvalue weighted by atomic mass is 10.1. The van der Waals surface area contributed by atoms with Crippen LogP contribution in [0.15, 0.2) is 48.5 Å². The second-order valence-corrected chi connectivity index (χ2v) is 5.67. The van der Waals surface area contributed by atoms with Crippen molar-refractivity contribution < 1.29 is 27.5 Å². The Balaban J connectivity index is 1.63. The highest BCUT2D eigenvalue weighted by Crippen LogP contribution is 2.24. The number of ether oxygens (including phenoxy) is 1. The monoisotopic (exact) mass is 349 g/mol. The molecule has 0 aliphatic carbocycles. The van der Waals surface area contributed by atoms with Crippen LogP contribution in [-0.2, 0) is 17.9 Å². The third-order valence-electron chi connectivity index (χ3n) is 3.78. The molecule has 0 aromatic heterocycles. The van der Waals surface area contributed by atoms with Crippen molar-refractivity contribution in [3.05, 3.63) is 70.8 Å². The number of amides is 2. The predicted octanol–water partition coefficient (Wildman–Crippen LogP) is 3.56. The predicted molar refractivity (Wildman–Crippen MR) is 82.8 cm³/mol. The third kappa shape index (κ3) is 3.88. The minimum Gasteiger partial charge on any atom is -0.367 e. The van der Waals surface area contributed by atoms with Gasteiger partial charge >= 0.3 is 6.18 Å². The summed E-state index contributed by atoms with van der Waals surface area (Å²) in [6.07, 6.45) is -4.36. The van der Waals surface area contributed by atoms with Crippen LogP contribution in [0.3, 0.4) is 0 Å². The molecule has 7 heteroatoms. The molecule has 1 aliphatic heterocycles. The first-order chi connectivity index (χ1) is 11.8. The number of halogens is 3. The van der Waals surface area contributed by atoms with Gasteiger partial charge in [-0.15, -0.1) is 0 Å². The lowest BCUT2D eigenvalue weighted by Gasteiger charge is -2.14. The lowest BCUT2D eigenvalue weighted by molar-refractivity contribution is -0.176. The molecule has 2 aromatic carbocycles. The van der Waals surface area contributed by atoms with Crippen LogP contribution in [0.5, 0.6) is 0 Å². The molecular formula is C18H14F3NO3. The van der Waals surface area contributed by atoms with Gasteiger partial charge in [-0.05, 0) is 23.3 Å². The Morgan fingerprint density at radius 1 is 0.840 bits per heavy atom. The number of fused-ring (bicyclic) bond motifs is 1. The van der Waals surface area contributed by atoms with Crippen LogP contribution in [0.2, 0.25) is 0 Å². The maximum atomic E-state index is 12.3. The third-order valence-corrected chi connectivity index (χ3v) is 3.78. The van der Waals surface area contributed by atoms with Gasteiger partial charge < -0.3 is 4.74 Å². The molecule has 2 amide bonds. The van der Waals surface area contributed by atoms with Gasteiger partial charge in [0.15, 0.2) is 0 Å². The Morgan fingerprint density at radius 2 is 1.36 bits per heavy atom. The number of imide groups is 1. The highest BCUT2D eigenvalue weighted by molar-refractivity contribution is 6.21. The zero-order chi connectivity index (χ0) is 18.0. The Morgan fingerprint density at radius 3 is 1.88 bits per heavy atom. The van der Waals surface area contributed by atoms with E-state index in [2.05, 4.69) is 4.74 Å². The molecule has 0 spiro atoms. The van der Waals surface area contributed by atoms with Crippen molar-refractivity contribution in [3.8, 4) is 0 Å². The minimum absolute atomic E-state index is 0.107. The van der Waals surface area contributed by atoms with Crippen LogP contribution >= 0.6 is 0 Å². The van der Waals surface area contributed by atoms with Gasteiger partial charge in [-0.3, -0.25) is 14.5 Å². The fraction of sp³-hybridized carbons (Fsp3) is 0.222. The highest BCUT2D eigenvalue weighted by atomic mass is 19.4. The van der Waals surface area contributed by atoms with Crippen molar-refractivity contribution in [1.29, 1.82) is 0 Å². The number of hydrogen-bond donors (Lipinski definition) is 0. The molecule has 0 bridgehead atoms. The summed E-state index contributed by atoms with van der Waals surface area (Å²) >= 11 is 0. The zero-order valence-corrected chi connectivity index (χ0v) is 13.0. The van der Waals surface area contributed by atoms with Crippen molar-refractivity contribution in [2.24, 2.45) is 0 Å². The van der Waals surface area contributed by atoms with Crippen LogP contribution in [0, 0.1) is 0 Å². The molecule has 1 heterocycles. The van der Waals surface area contributed by atoms with Gasteiger partial charge in [0, 0.05) is 0 Å². The molecule has 0 radical (unpaired) electrons. The number of carbonyl (C=O) groups excluding carboxylic acids is 2. The molecule has 1 aliphatic rings. The van der Waals surface area contributed by atoms with Crippen molar-refractivity contribution in [2.45, 2.75) is 19.3 Å². The quantitative estimate of drug-likeness (QED) is 0.776. The fourth-order valence-electron chi connectivity index (χ4n) is 2.59. The number of carbonyl (C=O) groups is 2. The largest absolute Gasteiger partial charge is 0.411 e. The first-order valence-corrected chi connectivity index (χ1v) is 7.53. The van der Waals surface area contributed by atoms with Crippen LogP contribution in [-0.4, -0.2) is 29.5 Å². The summed E-state index contributed by atoms with van der Waals surface area (Å²) in [5, 5.41) is 0. The number of benzene rings is 2. The maximum absolute atomic E-state index is 12.3. The number of nitrogens with zero attached hydrogens (tertiary/aromatic N) is 1. The van der Waals surface area contributed by atoms with Gasteiger partial charge in [0.2, 0.25) is 0 Å². The average molecular weight is 349 g/mol. The van der Waals surface area contributed by atoms with Crippen molar-refractivity contribution in [1.82, 2.24) is 4.90 Å². The molecule has 0 fully saturated rings. The Labute approximate surface area is 141 Å². The molecule has 0 N–H and O–H groups in total. The van der Waals surface area contributed by atoms with Gasteiger partial charge in [0.05, 0.1) is 24.3 Å². The summed E-state index contributed by atoms with van der Waals surface area (Å²) < 4.78 is 40.7. The lowest BCUT2D eigenvalue weighted by Crippen LogP contribution is -2.29. The van der Waals surface area contributed by atoms with E-state index in [0.717, 1.165) is 4.90 Å². The van der Waals surface area contributed by atoms with Crippen molar-refractivity contribution in [2.75, 3.05) is 6.61 Å². The molecular weight excluding hydrogens is 335 g/mol. The van der Waals surface area contributed by atoms with Crippen molar-refractivity contribution >= 4 is 11.8 Å². The smallest absolute Gasteiger partial charge is 0.367 e. The molecule has 0 unspecified atom stereocenters. The van der Waals surface area contributed by atoms with E-state index in [0.29, 0.717) is 22.3 Å². The molecule has 0 saturated carbocycles. The standard InChI is InChI=1S/C18H14F3NO3/c19-18(20,21)11-25-10-13-7-5-12(6-8-13)9-22-16(23)14-3-1-2-4-15(14)17(22)24/h1-8H,9-11H2. The van der Waals surface area contributed by atoms with E-state index < -0.39 is 12.8 Å². The first-order valence-electron chi connectivity index (χ1n) is 7.53. The summed E-state index contributed by atoms with van der Waals surface area (Å²) in [4.78, 5) is 25.7. The summed E-state index contributed by atoms with van der Waals surface area (Å²) in [6, 6.07) is 13.2. The number of alkyl halides is 3. The van der Waals surface area contributed by atoms with Crippen LogP contribution < -0.4 is 0 Å². The number of hydrogen-bond acceptors (Lipinski definition) is 3. The summed E-state index contributed by atoms with van der Waals surface area (Å²) in [5.41, 5.74) is 2.04. The van der Waals surface area contributed by atoms with E-state index in [1.54, 1.807) is 48.5 Å². The summed E-state index contributed by atoms with van der Waals surface area (Å²) in [7, 11) is 0. The van der Waals surface area contributed by atoms with Crippen LogP contribution in [0.25, 0.3) is 0 Å². The Hall–Kier alpha value is -2.67. The Kier molecular flexibility index (Phi) is 4.59. The molecule has 0 saturated heterocycles. The second kappa shape index (κ2) is 6.68. The van der Waals surface area contributed by atoms with Gasteiger partial charge in [0.1, 0.15) is 6.61 Å². The summed E-state index contributed by atoms with van der Waals surface area (Å²) in [6.45, 7) is -1.35. The van der Waals surface area contributed by atoms with Crippen LogP contribution in [0.4, 0.5) is 13.2 Å². The molecule has 4 nitrogen and oxygen atoms in total. The van der Waals surface area contributed by atoms with Crippen molar-refractivity contribution in [3.63, 3.8) is 0 Å². The topological polar surface area (TPSA) is 46.6 Å².